The van der Waals surface area contributed by atoms with Crippen LogP contribution in [0.5, 0.6) is 0 Å². The quantitative estimate of drug-likeness (QED) is 0.842. The maximum atomic E-state index is 13.3. The zero-order chi connectivity index (χ0) is 12.6. The summed E-state index contributed by atoms with van der Waals surface area (Å²) in [4.78, 5) is 22.2. The number of nitrogens with one attached hydrogen (secondary N) is 1. The van der Waals surface area contributed by atoms with E-state index in [2.05, 4.69) is 5.32 Å². The van der Waals surface area contributed by atoms with Crippen molar-refractivity contribution >= 4 is 17.6 Å². The number of carbonyl (C=O) groups excluding carboxylic acids is 1. The van der Waals surface area contributed by atoms with E-state index in [9.17, 15) is 14.0 Å². The molecule has 2 rings (SSSR count). The Labute approximate surface area is 97.4 Å². The van der Waals surface area contributed by atoms with Gasteiger partial charge in [0, 0.05) is 0 Å². The molecule has 1 amide bonds. The average Bonchev–Trinajstić information content (AvgIpc) is 3.03. The van der Waals surface area contributed by atoms with Gasteiger partial charge < -0.3 is 10.4 Å². The van der Waals surface area contributed by atoms with Gasteiger partial charge >= 0.3 is 5.97 Å². The van der Waals surface area contributed by atoms with E-state index in [0.717, 1.165) is 5.56 Å². The van der Waals surface area contributed by atoms with Crippen molar-refractivity contribution in [2.24, 2.45) is 11.8 Å². The molecule has 2 N–H and O–H groups in total. The van der Waals surface area contributed by atoms with E-state index < -0.39 is 29.5 Å². The molecule has 1 aromatic carbocycles. The number of aliphatic carboxylic acids is 1. The van der Waals surface area contributed by atoms with Gasteiger partial charge in [-0.05, 0) is 31.0 Å². The van der Waals surface area contributed by atoms with Crippen LogP contribution in [0.15, 0.2) is 18.2 Å². The molecule has 2 atom stereocenters. The lowest BCUT2D eigenvalue weighted by molar-refractivity contribution is -0.139. The maximum absolute atomic E-state index is 13.3. The molecule has 4 nitrogen and oxygen atoms in total. The van der Waals surface area contributed by atoms with Gasteiger partial charge in [-0.3, -0.25) is 9.59 Å². The van der Waals surface area contributed by atoms with Crippen molar-refractivity contribution in [3.05, 3.63) is 29.6 Å². The van der Waals surface area contributed by atoms with Crippen molar-refractivity contribution in [2.45, 2.75) is 13.3 Å². The summed E-state index contributed by atoms with van der Waals surface area (Å²) in [5.74, 6) is -3.08. The summed E-state index contributed by atoms with van der Waals surface area (Å²) < 4.78 is 13.3. The number of anilines is 1. The standard InChI is InChI=1S/C12H12FNO3/c1-6-2-3-9(13)10(4-6)14-11(15)7-5-8(7)12(16)17/h2-4,7-8H,5H2,1H3,(H,14,15)(H,16,17)/t7-,8-/m1/s1. The van der Waals surface area contributed by atoms with Crippen molar-refractivity contribution < 1.29 is 19.1 Å². The Bertz CT molecular complexity index is 487. The maximum Gasteiger partial charge on any atom is 0.307 e. The number of hydrogen-bond acceptors (Lipinski definition) is 2. The van der Waals surface area contributed by atoms with E-state index >= 15 is 0 Å². The molecule has 1 fully saturated rings. The largest absolute Gasteiger partial charge is 0.481 e. The Morgan fingerprint density at radius 3 is 2.71 bits per heavy atom. The Morgan fingerprint density at radius 2 is 2.12 bits per heavy atom. The van der Waals surface area contributed by atoms with E-state index in [0.29, 0.717) is 6.42 Å². The summed E-state index contributed by atoms with van der Waals surface area (Å²) in [6.45, 7) is 1.78. The van der Waals surface area contributed by atoms with Crippen LogP contribution in [0.3, 0.4) is 0 Å². The molecule has 0 radical (unpaired) electrons. The summed E-state index contributed by atoms with van der Waals surface area (Å²) in [6, 6.07) is 4.39. The van der Waals surface area contributed by atoms with E-state index in [4.69, 9.17) is 5.11 Å². The first-order valence-electron chi connectivity index (χ1n) is 5.29. The third-order valence-electron chi connectivity index (χ3n) is 2.82. The van der Waals surface area contributed by atoms with E-state index in [1.165, 1.54) is 12.1 Å². The Kier molecular flexibility index (Phi) is 2.83. The highest BCUT2D eigenvalue weighted by atomic mass is 19.1. The molecule has 0 bridgehead atoms. The minimum atomic E-state index is -0.977. The Morgan fingerprint density at radius 1 is 1.41 bits per heavy atom. The molecule has 0 unspecified atom stereocenters. The minimum absolute atomic E-state index is 0.103. The molecule has 0 spiro atoms. The van der Waals surface area contributed by atoms with Crippen LogP contribution in [0.2, 0.25) is 0 Å². The first-order valence-corrected chi connectivity index (χ1v) is 5.29. The Hall–Kier alpha value is -1.91. The molecule has 17 heavy (non-hydrogen) atoms. The second-order valence-electron chi connectivity index (χ2n) is 4.26. The molecule has 1 aromatic rings. The highest BCUT2D eigenvalue weighted by Crippen LogP contribution is 2.39. The van der Waals surface area contributed by atoms with E-state index in [-0.39, 0.29) is 5.69 Å². The molecule has 0 saturated heterocycles. The molecule has 0 aliphatic heterocycles. The Balaban J connectivity index is 2.04. The molecule has 1 aliphatic carbocycles. The van der Waals surface area contributed by atoms with Crippen LogP contribution < -0.4 is 5.32 Å². The number of halogens is 1. The van der Waals surface area contributed by atoms with Crippen molar-refractivity contribution in [2.75, 3.05) is 5.32 Å². The SMILES string of the molecule is Cc1ccc(F)c(NC(=O)[C@@H]2C[C@H]2C(=O)O)c1. The van der Waals surface area contributed by atoms with Crippen LogP contribution in [-0.2, 0) is 9.59 Å². The smallest absolute Gasteiger partial charge is 0.307 e. The highest BCUT2D eigenvalue weighted by molar-refractivity contribution is 5.98. The molecule has 1 saturated carbocycles. The van der Waals surface area contributed by atoms with Crippen LogP contribution >= 0.6 is 0 Å². The van der Waals surface area contributed by atoms with Gasteiger partial charge in [-0.2, -0.15) is 0 Å². The lowest BCUT2D eigenvalue weighted by atomic mass is 10.2. The first-order chi connectivity index (χ1) is 7.99. The number of carboxylic acids is 1. The third kappa shape index (κ3) is 2.43. The van der Waals surface area contributed by atoms with Crippen LogP contribution in [0.25, 0.3) is 0 Å². The van der Waals surface area contributed by atoms with Gasteiger partial charge in [0.15, 0.2) is 0 Å². The predicted molar refractivity (Wildman–Crippen MR) is 59.0 cm³/mol. The number of carboxylic acid groups (broad SMARTS) is 1. The zero-order valence-corrected chi connectivity index (χ0v) is 9.24. The summed E-state index contributed by atoms with van der Waals surface area (Å²) in [5.41, 5.74) is 0.929. The van der Waals surface area contributed by atoms with E-state index in [1.807, 2.05) is 0 Å². The fourth-order valence-electron chi connectivity index (χ4n) is 1.72. The molecular formula is C12H12FNO3. The molecule has 90 valence electrons. The summed E-state index contributed by atoms with van der Waals surface area (Å²) in [6.07, 6.45) is 0.328. The topological polar surface area (TPSA) is 66.4 Å². The number of rotatable bonds is 3. The summed E-state index contributed by atoms with van der Waals surface area (Å²) in [7, 11) is 0. The van der Waals surface area contributed by atoms with Gasteiger partial charge in [0.1, 0.15) is 5.82 Å². The molecular weight excluding hydrogens is 225 g/mol. The number of carbonyl (C=O) groups is 2. The number of benzene rings is 1. The molecule has 1 aliphatic rings. The minimum Gasteiger partial charge on any atom is -0.481 e. The lowest BCUT2D eigenvalue weighted by Gasteiger charge is -2.06. The number of hydrogen-bond donors (Lipinski definition) is 2. The number of aryl methyl sites for hydroxylation is 1. The van der Waals surface area contributed by atoms with E-state index in [1.54, 1.807) is 13.0 Å². The van der Waals surface area contributed by atoms with Crippen LogP contribution in [0, 0.1) is 24.6 Å². The average molecular weight is 237 g/mol. The zero-order valence-electron chi connectivity index (χ0n) is 9.24. The van der Waals surface area contributed by atoms with Crippen LogP contribution in [0.4, 0.5) is 10.1 Å². The van der Waals surface area contributed by atoms with Crippen LogP contribution in [0.1, 0.15) is 12.0 Å². The second-order valence-corrected chi connectivity index (χ2v) is 4.26. The normalized spacial score (nSPS) is 22.0. The molecule has 5 heteroatoms. The van der Waals surface area contributed by atoms with Crippen molar-refractivity contribution in [3.8, 4) is 0 Å². The fraction of sp³-hybridized carbons (Fsp3) is 0.333. The highest BCUT2D eigenvalue weighted by Gasteiger charge is 2.48. The number of amides is 1. The van der Waals surface area contributed by atoms with Gasteiger partial charge in [0.05, 0.1) is 17.5 Å². The van der Waals surface area contributed by atoms with Crippen LogP contribution in [-0.4, -0.2) is 17.0 Å². The van der Waals surface area contributed by atoms with Gasteiger partial charge in [-0.1, -0.05) is 6.07 Å². The first kappa shape index (κ1) is 11.6. The lowest BCUT2D eigenvalue weighted by Crippen LogP contribution is -2.17. The van der Waals surface area contributed by atoms with Crippen molar-refractivity contribution in [1.82, 2.24) is 0 Å². The van der Waals surface area contributed by atoms with Crippen molar-refractivity contribution in [3.63, 3.8) is 0 Å². The van der Waals surface area contributed by atoms with Gasteiger partial charge in [0.25, 0.3) is 0 Å². The molecule has 0 heterocycles. The molecule has 0 aromatic heterocycles. The summed E-state index contributed by atoms with van der Waals surface area (Å²) in [5, 5.41) is 11.1. The predicted octanol–water partition coefficient (Wildman–Crippen LogP) is 1.79. The van der Waals surface area contributed by atoms with Gasteiger partial charge in [-0.15, -0.1) is 0 Å². The second kappa shape index (κ2) is 4.16. The van der Waals surface area contributed by atoms with Gasteiger partial charge in [0.2, 0.25) is 5.91 Å². The monoisotopic (exact) mass is 237 g/mol. The van der Waals surface area contributed by atoms with Gasteiger partial charge in [-0.25, -0.2) is 4.39 Å². The third-order valence-corrected chi connectivity index (χ3v) is 2.82. The summed E-state index contributed by atoms with van der Waals surface area (Å²) >= 11 is 0. The fourth-order valence-corrected chi connectivity index (χ4v) is 1.72. The van der Waals surface area contributed by atoms with Crippen molar-refractivity contribution in [1.29, 1.82) is 0 Å².